The zero-order valence-electron chi connectivity index (χ0n) is 12.4. The van der Waals surface area contributed by atoms with Gasteiger partial charge in [0.2, 0.25) is 0 Å². The van der Waals surface area contributed by atoms with E-state index in [0.717, 1.165) is 30.9 Å². The summed E-state index contributed by atoms with van der Waals surface area (Å²) in [6.07, 6.45) is 5.12. The molecule has 0 bridgehead atoms. The number of hydrogen-bond donors (Lipinski definition) is 1. The average molecular weight is 273 g/mol. The van der Waals surface area contributed by atoms with Crippen molar-refractivity contribution in [1.29, 1.82) is 5.26 Å². The maximum Gasteiger partial charge on any atom is 0.147 e. The second kappa shape index (κ2) is 6.71. The van der Waals surface area contributed by atoms with Crippen molar-refractivity contribution in [2.75, 3.05) is 18.1 Å². The van der Waals surface area contributed by atoms with Crippen LogP contribution < -0.4 is 4.90 Å². The van der Waals surface area contributed by atoms with Crippen LogP contribution in [0.15, 0.2) is 6.07 Å². The second-order valence-electron chi connectivity index (χ2n) is 5.65. The van der Waals surface area contributed by atoms with E-state index in [0.29, 0.717) is 12.0 Å². The van der Waals surface area contributed by atoms with Crippen molar-refractivity contribution in [1.82, 2.24) is 4.98 Å². The Labute approximate surface area is 121 Å². The van der Waals surface area contributed by atoms with E-state index in [9.17, 15) is 5.26 Å². The van der Waals surface area contributed by atoms with Gasteiger partial charge < -0.3 is 10.0 Å². The van der Waals surface area contributed by atoms with Crippen molar-refractivity contribution in [3.05, 3.63) is 22.9 Å². The van der Waals surface area contributed by atoms with Crippen LogP contribution in [0.25, 0.3) is 0 Å². The highest BCUT2D eigenvalue weighted by Gasteiger charge is 2.20. The van der Waals surface area contributed by atoms with E-state index in [-0.39, 0.29) is 12.6 Å². The molecule has 0 spiro atoms. The lowest BCUT2D eigenvalue weighted by atomic mass is 9.94. The predicted octanol–water partition coefficient (Wildman–Crippen LogP) is 2.43. The Kier molecular flexibility index (Phi) is 4.97. The average Bonchev–Trinajstić information content (AvgIpc) is 2.46. The molecule has 1 N–H and O–H groups in total. The van der Waals surface area contributed by atoms with Gasteiger partial charge in [0.1, 0.15) is 11.9 Å². The van der Waals surface area contributed by atoms with Gasteiger partial charge in [0.25, 0.3) is 0 Å². The summed E-state index contributed by atoms with van der Waals surface area (Å²) in [5.74, 6) is 0.789. The molecular formula is C16H23N3O. The standard InChI is InChI=1S/C16H23N3O/c1-12(2)19(8-5-9-20)16-14(11-17)10-13-6-3-4-7-15(13)18-16/h10,12,20H,3-9H2,1-2H3. The molecule has 0 aromatic carbocycles. The topological polar surface area (TPSA) is 60.1 Å². The Morgan fingerprint density at radius 1 is 1.40 bits per heavy atom. The van der Waals surface area contributed by atoms with Crippen LogP contribution in [0.3, 0.4) is 0 Å². The monoisotopic (exact) mass is 273 g/mol. The van der Waals surface area contributed by atoms with E-state index in [4.69, 9.17) is 10.1 Å². The number of rotatable bonds is 5. The number of pyridine rings is 1. The molecule has 0 aliphatic heterocycles. The second-order valence-corrected chi connectivity index (χ2v) is 5.65. The van der Waals surface area contributed by atoms with Gasteiger partial charge in [-0.3, -0.25) is 0 Å². The summed E-state index contributed by atoms with van der Waals surface area (Å²) in [4.78, 5) is 6.91. The largest absolute Gasteiger partial charge is 0.396 e. The summed E-state index contributed by atoms with van der Waals surface area (Å²) in [7, 11) is 0. The van der Waals surface area contributed by atoms with Crippen LogP contribution in [0.5, 0.6) is 0 Å². The van der Waals surface area contributed by atoms with Crippen LogP contribution >= 0.6 is 0 Å². The molecule has 0 amide bonds. The van der Waals surface area contributed by atoms with Crippen LogP contribution in [-0.2, 0) is 12.8 Å². The Hall–Kier alpha value is -1.60. The lowest BCUT2D eigenvalue weighted by Gasteiger charge is -2.30. The van der Waals surface area contributed by atoms with Crippen molar-refractivity contribution >= 4 is 5.82 Å². The maximum absolute atomic E-state index is 9.41. The third-order valence-corrected chi connectivity index (χ3v) is 3.85. The van der Waals surface area contributed by atoms with Crippen LogP contribution in [0.4, 0.5) is 5.82 Å². The van der Waals surface area contributed by atoms with E-state index in [1.165, 1.54) is 18.4 Å². The highest BCUT2D eigenvalue weighted by Crippen LogP contribution is 2.27. The van der Waals surface area contributed by atoms with Gasteiger partial charge in [-0.2, -0.15) is 5.26 Å². The van der Waals surface area contributed by atoms with Gasteiger partial charge >= 0.3 is 0 Å². The van der Waals surface area contributed by atoms with E-state index >= 15 is 0 Å². The number of fused-ring (bicyclic) bond motifs is 1. The molecule has 1 aliphatic rings. The minimum atomic E-state index is 0.163. The first-order chi connectivity index (χ1) is 9.67. The Morgan fingerprint density at radius 3 is 2.80 bits per heavy atom. The summed E-state index contributed by atoms with van der Waals surface area (Å²) >= 11 is 0. The molecule has 1 aromatic heterocycles. The van der Waals surface area contributed by atoms with Gasteiger partial charge in [0.15, 0.2) is 0 Å². The molecule has 0 fully saturated rings. The third-order valence-electron chi connectivity index (χ3n) is 3.85. The fourth-order valence-electron chi connectivity index (χ4n) is 2.77. The molecule has 0 unspecified atom stereocenters. The van der Waals surface area contributed by atoms with E-state index < -0.39 is 0 Å². The first-order valence-corrected chi connectivity index (χ1v) is 7.47. The fourth-order valence-corrected chi connectivity index (χ4v) is 2.77. The minimum Gasteiger partial charge on any atom is -0.396 e. The smallest absolute Gasteiger partial charge is 0.147 e. The predicted molar refractivity (Wildman–Crippen MR) is 79.8 cm³/mol. The molecule has 2 rings (SSSR count). The quantitative estimate of drug-likeness (QED) is 0.895. The van der Waals surface area contributed by atoms with Crippen molar-refractivity contribution in [3.63, 3.8) is 0 Å². The van der Waals surface area contributed by atoms with Crippen molar-refractivity contribution in [3.8, 4) is 6.07 Å². The molecule has 0 atom stereocenters. The number of aryl methyl sites for hydroxylation is 2. The first-order valence-electron chi connectivity index (χ1n) is 7.47. The number of anilines is 1. The molecule has 0 saturated carbocycles. The Balaban J connectivity index is 2.39. The number of aliphatic hydroxyl groups excluding tert-OH is 1. The van der Waals surface area contributed by atoms with Gasteiger partial charge in [0, 0.05) is 24.9 Å². The molecule has 108 valence electrons. The Morgan fingerprint density at radius 2 is 2.15 bits per heavy atom. The van der Waals surface area contributed by atoms with Gasteiger partial charge in [-0.05, 0) is 57.6 Å². The molecule has 20 heavy (non-hydrogen) atoms. The molecule has 0 radical (unpaired) electrons. The van der Waals surface area contributed by atoms with E-state index in [1.807, 2.05) is 6.07 Å². The summed E-state index contributed by atoms with van der Waals surface area (Å²) in [5, 5.41) is 18.5. The third kappa shape index (κ3) is 3.10. The lowest BCUT2D eigenvalue weighted by Crippen LogP contribution is -2.34. The van der Waals surface area contributed by atoms with Crippen LogP contribution in [0, 0.1) is 11.3 Å². The van der Waals surface area contributed by atoms with Crippen molar-refractivity contribution < 1.29 is 5.11 Å². The summed E-state index contributed by atoms with van der Waals surface area (Å²) < 4.78 is 0. The highest BCUT2D eigenvalue weighted by atomic mass is 16.3. The van der Waals surface area contributed by atoms with E-state index in [1.54, 1.807) is 0 Å². The summed E-state index contributed by atoms with van der Waals surface area (Å²) in [6.45, 7) is 5.09. The molecule has 1 aliphatic carbocycles. The number of nitriles is 1. The first kappa shape index (κ1) is 14.8. The maximum atomic E-state index is 9.41. The van der Waals surface area contributed by atoms with Crippen LogP contribution in [0.2, 0.25) is 0 Å². The zero-order valence-corrected chi connectivity index (χ0v) is 12.4. The number of aromatic nitrogens is 1. The van der Waals surface area contributed by atoms with Gasteiger partial charge in [-0.1, -0.05) is 0 Å². The zero-order chi connectivity index (χ0) is 14.5. The fraction of sp³-hybridized carbons (Fsp3) is 0.625. The summed E-state index contributed by atoms with van der Waals surface area (Å²) in [5.41, 5.74) is 3.06. The molecule has 4 nitrogen and oxygen atoms in total. The van der Waals surface area contributed by atoms with Crippen LogP contribution in [0.1, 0.15) is 49.9 Å². The molecule has 1 aromatic rings. The number of hydrogen-bond acceptors (Lipinski definition) is 4. The molecule has 0 saturated heterocycles. The minimum absolute atomic E-state index is 0.163. The van der Waals surface area contributed by atoms with Gasteiger partial charge in [0.05, 0.1) is 5.56 Å². The molecule has 1 heterocycles. The number of aliphatic hydroxyl groups is 1. The van der Waals surface area contributed by atoms with Crippen LogP contribution in [-0.4, -0.2) is 29.3 Å². The van der Waals surface area contributed by atoms with Crippen molar-refractivity contribution in [2.24, 2.45) is 0 Å². The van der Waals surface area contributed by atoms with E-state index in [2.05, 4.69) is 24.8 Å². The molecular weight excluding hydrogens is 250 g/mol. The highest BCUT2D eigenvalue weighted by molar-refractivity contribution is 5.57. The van der Waals surface area contributed by atoms with Crippen molar-refractivity contribution in [2.45, 2.75) is 52.0 Å². The molecule has 4 heteroatoms. The SMILES string of the molecule is CC(C)N(CCCO)c1nc2c(cc1C#N)CCCC2. The lowest BCUT2D eigenvalue weighted by molar-refractivity contribution is 0.288. The van der Waals surface area contributed by atoms with Gasteiger partial charge in [-0.25, -0.2) is 4.98 Å². The Bertz CT molecular complexity index is 505. The normalized spacial score (nSPS) is 13.9. The van der Waals surface area contributed by atoms with Gasteiger partial charge in [-0.15, -0.1) is 0 Å². The number of nitrogens with zero attached hydrogens (tertiary/aromatic N) is 3. The summed E-state index contributed by atoms with van der Waals surface area (Å²) in [6, 6.07) is 4.58.